The monoisotopic (exact) mass is 360 g/mol. The Morgan fingerprint density at radius 3 is 1.77 bits per heavy atom. The van der Waals surface area contributed by atoms with Crippen LogP contribution in [-0.2, 0) is 17.6 Å². The molecular weight excluding hydrogens is 336 g/mol. The van der Waals surface area contributed by atoms with Crippen LogP contribution in [0.1, 0.15) is 21.5 Å². The Hall–Kier alpha value is -2.89. The Morgan fingerprint density at radius 2 is 1.27 bits per heavy atom. The van der Waals surface area contributed by atoms with Crippen molar-refractivity contribution in [3.05, 3.63) is 47.0 Å². The summed E-state index contributed by atoms with van der Waals surface area (Å²) in [5, 5.41) is 0. The predicted molar refractivity (Wildman–Crippen MR) is 97.8 cm³/mol. The van der Waals surface area contributed by atoms with Crippen LogP contribution in [0.2, 0.25) is 0 Å². The molecule has 6 nitrogen and oxygen atoms in total. The first-order valence-electron chi connectivity index (χ1n) is 8.12. The second-order valence-corrected chi connectivity index (χ2v) is 5.56. The fourth-order valence-corrected chi connectivity index (χ4v) is 2.74. The summed E-state index contributed by atoms with van der Waals surface area (Å²) in [4.78, 5) is 11.7. The number of methoxy groups -OCH3 is 5. The number of hydrogen-bond acceptors (Lipinski definition) is 6. The largest absolute Gasteiger partial charge is 0.496 e. The van der Waals surface area contributed by atoms with E-state index in [2.05, 4.69) is 0 Å². The molecule has 0 radical (unpaired) electrons. The Labute approximate surface area is 153 Å². The minimum absolute atomic E-state index is 0.409. The van der Waals surface area contributed by atoms with Crippen molar-refractivity contribution in [2.45, 2.75) is 12.8 Å². The molecule has 2 aromatic rings. The van der Waals surface area contributed by atoms with Gasteiger partial charge in [0.1, 0.15) is 11.3 Å². The molecule has 0 amide bonds. The number of benzene rings is 2. The number of aryl methyl sites for hydroxylation is 2. The first-order chi connectivity index (χ1) is 12.6. The van der Waals surface area contributed by atoms with Crippen molar-refractivity contribution in [1.29, 1.82) is 0 Å². The highest BCUT2D eigenvalue weighted by molar-refractivity contribution is 5.92. The maximum atomic E-state index is 11.7. The van der Waals surface area contributed by atoms with E-state index in [0.717, 1.165) is 24.0 Å². The number of rotatable bonds is 8. The molecule has 0 N–H and O–H groups in total. The third-order valence-electron chi connectivity index (χ3n) is 4.10. The van der Waals surface area contributed by atoms with Crippen molar-refractivity contribution in [3.8, 4) is 23.0 Å². The van der Waals surface area contributed by atoms with Gasteiger partial charge in [-0.1, -0.05) is 6.07 Å². The summed E-state index contributed by atoms with van der Waals surface area (Å²) < 4.78 is 26.2. The molecule has 0 fully saturated rings. The first kappa shape index (κ1) is 19.4. The molecule has 0 unspecified atom stereocenters. The quantitative estimate of drug-likeness (QED) is 0.673. The van der Waals surface area contributed by atoms with Gasteiger partial charge in [0.15, 0.2) is 11.5 Å². The van der Waals surface area contributed by atoms with Crippen LogP contribution < -0.4 is 18.9 Å². The van der Waals surface area contributed by atoms with Crippen LogP contribution in [0, 0.1) is 0 Å². The Morgan fingerprint density at radius 1 is 0.731 bits per heavy atom. The standard InChI is InChI=1S/C20H24O6/c1-22-16-10-13(8-9-15(16)20(21)26-5)6-7-14-11-17(23-2)19(25-4)18(12-14)24-3/h8-12H,6-7H2,1-5H3. The van der Waals surface area contributed by atoms with Crippen LogP contribution in [0.3, 0.4) is 0 Å². The van der Waals surface area contributed by atoms with Crippen molar-refractivity contribution in [3.63, 3.8) is 0 Å². The van der Waals surface area contributed by atoms with Gasteiger partial charge in [-0.25, -0.2) is 4.79 Å². The topological polar surface area (TPSA) is 63.2 Å². The van der Waals surface area contributed by atoms with Crippen molar-refractivity contribution < 1.29 is 28.5 Å². The summed E-state index contributed by atoms with van der Waals surface area (Å²) >= 11 is 0. The van der Waals surface area contributed by atoms with E-state index in [1.165, 1.54) is 14.2 Å². The lowest BCUT2D eigenvalue weighted by Gasteiger charge is -2.14. The van der Waals surface area contributed by atoms with E-state index in [0.29, 0.717) is 28.6 Å². The van der Waals surface area contributed by atoms with E-state index in [1.807, 2.05) is 24.3 Å². The highest BCUT2D eigenvalue weighted by Crippen LogP contribution is 2.38. The minimum atomic E-state index is -0.418. The van der Waals surface area contributed by atoms with Gasteiger partial charge in [0.2, 0.25) is 5.75 Å². The summed E-state index contributed by atoms with van der Waals surface area (Å²) in [6.07, 6.45) is 1.52. The highest BCUT2D eigenvalue weighted by atomic mass is 16.5. The van der Waals surface area contributed by atoms with Gasteiger partial charge in [0, 0.05) is 0 Å². The lowest BCUT2D eigenvalue weighted by atomic mass is 10.0. The zero-order valence-electron chi connectivity index (χ0n) is 15.8. The summed E-state index contributed by atoms with van der Waals surface area (Å²) in [5.41, 5.74) is 2.50. The highest BCUT2D eigenvalue weighted by Gasteiger charge is 2.15. The van der Waals surface area contributed by atoms with Crippen LogP contribution in [-0.4, -0.2) is 41.5 Å². The third-order valence-corrected chi connectivity index (χ3v) is 4.10. The van der Waals surface area contributed by atoms with Gasteiger partial charge in [0.05, 0.1) is 35.5 Å². The van der Waals surface area contributed by atoms with E-state index in [1.54, 1.807) is 27.4 Å². The lowest BCUT2D eigenvalue weighted by molar-refractivity contribution is 0.0597. The number of ether oxygens (including phenoxy) is 5. The molecule has 0 heterocycles. The van der Waals surface area contributed by atoms with Gasteiger partial charge in [-0.15, -0.1) is 0 Å². The van der Waals surface area contributed by atoms with Crippen LogP contribution in [0.5, 0.6) is 23.0 Å². The Balaban J connectivity index is 2.22. The molecular formula is C20H24O6. The van der Waals surface area contributed by atoms with Crippen LogP contribution in [0.15, 0.2) is 30.3 Å². The minimum Gasteiger partial charge on any atom is -0.496 e. The average molecular weight is 360 g/mol. The van der Waals surface area contributed by atoms with Crippen molar-refractivity contribution in [1.82, 2.24) is 0 Å². The van der Waals surface area contributed by atoms with E-state index in [9.17, 15) is 4.79 Å². The first-order valence-corrected chi connectivity index (χ1v) is 8.12. The van der Waals surface area contributed by atoms with Crippen molar-refractivity contribution in [2.75, 3.05) is 35.5 Å². The Kier molecular flexibility index (Phi) is 6.72. The molecule has 140 valence electrons. The van der Waals surface area contributed by atoms with Crippen molar-refractivity contribution in [2.24, 2.45) is 0 Å². The summed E-state index contributed by atoms with van der Waals surface area (Å²) in [6.45, 7) is 0. The van der Waals surface area contributed by atoms with Crippen molar-refractivity contribution >= 4 is 5.97 Å². The summed E-state index contributed by atoms with van der Waals surface area (Å²) in [7, 11) is 7.65. The molecule has 0 aliphatic heterocycles. The van der Waals surface area contributed by atoms with Gasteiger partial charge in [0.25, 0.3) is 0 Å². The maximum absolute atomic E-state index is 11.7. The molecule has 0 saturated heterocycles. The van der Waals surface area contributed by atoms with E-state index >= 15 is 0 Å². The van der Waals surface area contributed by atoms with Gasteiger partial charge in [-0.2, -0.15) is 0 Å². The number of esters is 1. The van der Waals surface area contributed by atoms with Gasteiger partial charge >= 0.3 is 5.97 Å². The second kappa shape index (κ2) is 8.99. The molecule has 0 saturated carbocycles. The molecule has 2 aromatic carbocycles. The molecule has 0 atom stereocenters. The molecule has 26 heavy (non-hydrogen) atoms. The maximum Gasteiger partial charge on any atom is 0.341 e. The fourth-order valence-electron chi connectivity index (χ4n) is 2.74. The van der Waals surface area contributed by atoms with Gasteiger partial charge < -0.3 is 23.7 Å². The van der Waals surface area contributed by atoms with Crippen LogP contribution >= 0.6 is 0 Å². The van der Waals surface area contributed by atoms with Gasteiger partial charge in [-0.3, -0.25) is 0 Å². The number of hydrogen-bond donors (Lipinski definition) is 0. The predicted octanol–water partition coefficient (Wildman–Crippen LogP) is 3.29. The summed E-state index contributed by atoms with van der Waals surface area (Å²) in [5.74, 6) is 1.90. The zero-order valence-corrected chi connectivity index (χ0v) is 15.8. The van der Waals surface area contributed by atoms with E-state index in [-0.39, 0.29) is 0 Å². The van der Waals surface area contributed by atoms with E-state index < -0.39 is 5.97 Å². The molecule has 2 rings (SSSR count). The molecule has 0 aliphatic carbocycles. The zero-order chi connectivity index (χ0) is 19.1. The van der Waals surface area contributed by atoms with E-state index in [4.69, 9.17) is 23.7 Å². The SMILES string of the molecule is COC(=O)c1ccc(CCc2cc(OC)c(OC)c(OC)c2)cc1OC. The lowest BCUT2D eigenvalue weighted by Crippen LogP contribution is -2.05. The fraction of sp³-hybridized carbons (Fsp3) is 0.350. The van der Waals surface area contributed by atoms with Gasteiger partial charge in [-0.05, 0) is 48.2 Å². The molecule has 0 aliphatic rings. The third kappa shape index (κ3) is 4.20. The number of carbonyl (C=O) groups is 1. The molecule has 6 heteroatoms. The number of carbonyl (C=O) groups excluding carboxylic acids is 1. The Bertz CT molecular complexity index is 744. The summed E-state index contributed by atoms with van der Waals surface area (Å²) in [6, 6.07) is 9.33. The molecule has 0 aromatic heterocycles. The second-order valence-electron chi connectivity index (χ2n) is 5.56. The smallest absolute Gasteiger partial charge is 0.341 e. The molecule has 0 bridgehead atoms. The van der Waals surface area contributed by atoms with Crippen LogP contribution in [0.25, 0.3) is 0 Å². The molecule has 0 spiro atoms. The average Bonchev–Trinajstić information content (AvgIpc) is 2.70. The normalized spacial score (nSPS) is 10.2. The van der Waals surface area contributed by atoms with Crippen LogP contribution in [0.4, 0.5) is 0 Å².